The van der Waals surface area contributed by atoms with Gasteiger partial charge in [0.1, 0.15) is 17.3 Å². The Morgan fingerprint density at radius 1 is 0.161 bits per heavy atom. The predicted octanol–water partition coefficient (Wildman–Crippen LogP) is 17.4. The van der Waals surface area contributed by atoms with Gasteiger partial charge < -0.3 is 12.4 Å². The Labute approximate surface area is 367 Å². The van der Waals surface area contributed by atoms with Crippen molar-refractivity contribution >= 4 is 10.9 Å². The van der Waals surface area contributed by atoms with Crippen molar-refractivity contribution in [3.63, 3.8) is 0 Å². The summed E-state index contributed by atoms with van der Waals surface area (Å²) in [4.78, 5) is 0. The van der Waals surface area contributed by atoms with Crippen molar-refractivity contribution in [2.45, 2.75) is 329 Å². The Kier molecular flexibility index (Phi) is 58.4. The second-order valence-electron chi connectivity index (χ2n) is 18.6. The first-order chi connectivity index (χ1) is 27.3. The number of hydrogen-bond donors (Lipinski definition) is 0. The average molecular weight is 828 g/mol. The number of halogens is 1. The van der Waals surface area contributed by atoms with E-state index in [0.29, 0.717) is 0 Å². The van der Waals surface area contributed by atoms with Crippen LogP contribution in [0.25, 0.3) is 0 Å². The van der Waals surface area contributed by atoms with Crippen molar-refractivity contribution in [2.24, 2.45) is 0 Å². The van der Waals surface area contributed by atoms with Gasteiger partial charge in [-0.25, -0.2) is 0 Å². The minimum Gasteiger partial charge on any atom is -1.00 e. The fourth-order valence-electron chi connectivity index (χ4n) is 8.87. The van der Waals surface area contributed by atoms with Crippen LogP contribution in [0.5, 0.6) is 0 Å². The molecule has 0 aliphatic heterocycles. The molecule has 0 heterocycles. The van der Waals surface area contributed by atoms with Gasteiger partial charge in [-0.05, 0) is 49.4 Å². The second-order valence-corrected chi connectivity index (χ2v) is 21.1. The van der Waals surface area contributed by atoms with Gasteiger partial charge in [0.15, 0.2) is 0 Å². The van der Waals surface area contributed by atoms with Gasteiger partial charge in [0.2, 0.25) is 0 Å². The highest BCUT2D eigenvalue weighted by Crippen LogP contribution is 2.19. The lowest BCUT2D eigenvalue weighted by molar-refractivity contribution is -0.0000122. The highest BCUT2D eigenvalue weighted by Gasteiger charge is 2.16. The maximum atomic E-state index is 2.32. The van der Waals surface area contributed by atoms with Gasteiger partial charge in [0.25, 0.3) is 0 Å². The van der Waals surface area contributed by atoms with E-state index < -0.39 is 0 Å². The summed E-state index contributed by atoms with van der Waals surface area (Å²) in [6.07, 6.45) is 71.3. The molecule has 0 radical (unpaired) electrons. The van der Waals surface area contributed by atoms with Crippen LogP contribution in [0.3, 0.4) is 0 Å². The molecule has 0 atom stereocenters. The Balaban J connectivity index is 0. The molecule has 0 saturated heterocycles. The van der Waals surface area contributed by atoms with E-state index in [1.54, 1.807) is 17.3 Å². The lowest BCUT2D eigenvalue weighted by Gasteiger charge is -2.10. The van der Waals surface area contributed by atoms with E-state index >= 15 is 0 Å². The van der Waals surface area contributed by atoms with Crippen LogP contribution in [-0.4, -0.2) is 17.3 Å². The molecule has 0 aromatic carbocycles. The summed E-state index contributed by atoms with van der Waals surface area (Å²) >= 11 is 0. The van der Waals surface area contributed by atoms with Crippen molar-refractivity contribution in [2.75, 3.05) is 17.3 Å². The van der Waals surface area contributed by atoms with E-state index in [2.05, 4.69) is 20.8 Å². The third-order valence-electron chi connectivity index (χ3n) is 12.9. The van der Waals surface area contributed by atoms with E-state index in [1.807, 2.05) is 0 Å². The predicted molar refractivity (Wildman–Crippen MR) is 261 cm³/mol. The molecule has 0 unspecified atom stereocenters. The fraction of sp³-hybridized carbons (Fsp3) is 1.00. The largest absolute Gasteiger partial charge is 1.00 e. The van der Waals surface area contributed by atoms with Crippen molar-refractivity contribution in [1.82, 2.24) is 0 Å². The van der Waals surface area contributed by atoms with Crippen LogP contribution in [0.1, 0.15) is 329 Å². The Hall–Kier alpha value is 0.640. The number of rotatable bonds is 51. The fourth-order valence-corrected chi connectivity index (χ4v) is 11.3. The zero-order valence-corrected chi connectivity index (χ0v) is 41.4. The third-order valence-corrected chi connectivity index (χ3v) is 15.5. The van der Waals surface area contributed by atoms with Crippen molar-refractivity contribution in [3.05, 3.63) is 0 Å². The summed E-state index contributed by atoms with van der Waals surface area (Å²) in [6.45, 7) is 6.96. The third kappa shape index (κ3) is 52.7. The van der Waals surface area contributed by atoms with Crippen LogP contribution in [0.15, 0.2) is 0 Å². The normalized spacial score (nSPS) is 11.6. The van der Waals surface area contributed by atoms with Crippen molar-refractivity contribution < 1.29 is 12.4 Å². The van der Waals surface area contributed by atoms with Gasteiger partial charge in [-0.2, -0.15) is 0 Å². The molecular weight excluding hydrogens is 716 g/mol. The summed E-state index contributed by atoms with van der Waals surface area (Å²) in [7, 11) is 0.723. The topological polar surface area (TPSA) is 0 Å². The summed E-state index contributed by atoms with van der Waals surface area (Å²) in [5.74, 6) is 4.70. The van der Waals surface area contributed by atoms with Gasteiger partial charge in [-0.3, -0.25) is 0 Å². The van der Waals surface area contributed by atoms with Crippen molar-refractivity contribution in [3.8, 4) is 0 Å². The number of hydrogen-bond acceptors (Lipinski definition) is 0. The zero-order valence-electron chi connectivity index (χ0n) is 39.8. The molecule has 2 heteroatoms. The highest BCUT2D eigenvalue weighted by molar-refractivity contribution is 7.96. The van der Waals surface area contributed by atoms with E-state index in [0.717, 1.165) is 10.9 Å². The van der Waals surface area contributed by atoms with Gasteiger partial charge in [-0.15, -0.1) is 0 Å². The highest BCUT2D eigenvalue weighted by atomic mass is 35.5. The smallest absolute Gasteiger partial charge is 0.108 e. The van der Waals surface area contributed by atoms with Gasteiger partial charge in [0.05, 0.1) is 0 Å². The lowest BCUT2D eigenvalue weighted by atomic mass is 10.0. The summed E-state index contributed by atoms with van der Waals surface area (Å²) in [5, 5.41) is 0. The van der Waals surface area contributed by atoms with Crippen LogP contribution in [0.4, 0.5) is 0 Å². The molecule has 0 nitrogen and oxygen atoms in total. The van der Waals surface area contributed by atoms with Crippen LogP contribution in [0.2, 0.25) is 0 Å². The molecular formula is C54H111ClS. The maximum Gasteiger partial charge on any atom is 0.108 e. The first kappa shape index (κ1) is 58.7. The minimum absolute atomic E-state index is 0. The molecule has 0 N–H and O–H groups in total. The van der Waals surface area contributed by atoms with E-state index in [-0.39, 0.29) is 12.4 Å². The summed E-state index contributed by atoms with van der Waals surface area (Å²) in [5.41, 5.74) is 0. The SMILES string of the molecule is CCCCCCCCCCCCCCCCCC[S+](CCCCCCCCCCCCCCCCCC)CCCCCCCCCCCCCCCCCC.[Cl-]. The molecule has 0 aromatic heterocycles. The monoisotopic (exact) mass is 827 g/mol. The molecule has 0 spiro atoms. The van der Waals surface area contributed by atoms with E-state index in [9.17, 15) is 0 Å². The molecule has 0 rings (SSSR count). The number of unbranched alkanes of at least 4 members (excludes halogenated alkanes) is 45. The first-order valence-electron chi connectivity index (χ1n) is 27.0. The molecule has 0 aromatic rings. The lowest BCUT2D eigenvalue weighted by Crippen LogP contribution is -3.00. The van der Waals surface area contributed by atoms with Gasteiger partial charge in [0, 0.05) is 0 Å². The van der Waals surface area contributed by atoms with Crippen LogP contribution in [-0.2, 0) is 10.9 Å². The van der Waals surface area contributed by atoms with Crippen LogP contribution in [0, 0.1) is 0 Å². The summed E-state index contributed by atoms with van der Waals surface area (Å²) < 4.78 is 0. The molecule has 0 bridgehead atoms. The average Bonchev–Trinajstić information content (AvgIpc) is 3.20. The van der Waals surface area contributed by atoms with E-state index in [1.165, 1.54) is 308 Å². The molecule has 0 saturated carbocycles. The quantitative estimate of drug-likeness (QED) is 0.0423. The van der Waals surface area contributed by atoms with Gasteiger partial charge in [-0.1, -0.05) is 290 Å². The summed E-state index contributed by atoms with van der Waals surface area (Å²) in [6, 6.07) is 0. The van der Waals surface area contributed by atoms with Gasteiger partial charge >= 0.3 is 0 Å². The van der Waals surface area contributed by atoms with Crippen LogP contribution >= 0.6 is 0 Å². The maximum absolute atomic E-state index is 2.32. The molecule has 340 valence electrons. The Morgan fingerprint density at radius 2 is 0.268 bits per heavy atom. The van der Waals surface area contributed by atoms with E-state index in [4.69, 9.17) is 0 Å². The first-order valence-corrected chi connectivity index (χ1v) is 28.7. The molecule has 56 heavy (non-hydrogen) atoms. The zero-order chi connectivity index (χ0) is 39.6. The second kappa shape index (κ2) is 55.6. The Morgan fingerprint density at radius 3 is 0.393 bits per heavy atom. The minimum atomic E-state index is 0. The molecule has 0 aliphatic carbocycles. The van der Waals surface area contributed by atoms with Crippen LogP contribution < -0.4 is 12.4 Å². The molecule has 0 fully saturated rings. The molecule has 0 amide bonds. The Bertz CT molecular complexity index is 550. The standard InChI is InChI=1S/C54H111S.ClH/c1-4-7-10-13-16-19-22-25-28-31-34-37-40-43-46-49-52-55(53-50-47-44-41-38-35-32-29-26-23-20-17-14-11-8-5-2)54-51-48-45-42-39-36-33-30-27-24-21-18-15-12-9-6-3;/h4-54H2,1-3H3;1H/q+1;/p-1. The molecule has 0 aliphatic rings. The van der Waals surface area contributed by atoms with Crippen molar-refractivity contribution in [1.29, 1.82) is 0 Å².